The number of carbonyl (C=O) groups is 1. The van der Waals surface area contributed by atoms with E-state index < -0.39 is 0 Å². The first-order valence-corrected chi connectivity index (χ1v) is 7.87. The van der Waals surface area contributed by atoms with Crippen LogP contribution in [0.3, 0.4) is 0 Å². The van der Waals surface area contributed by atoms with Gasteiger partial charge in [0.15, 0.2) is 0 Å². The van der Waals surface area contributed by atoms with Crippen molar-refractivity contribution in [3.05, 3.63) is 54.4 Å². The molecule has 0 radical (unpaired) electrons. The van der Waals surface area contributed by atoms with Gasteiger partial charge in [-0.3, -0.25) is 4.79 Å². The van der Waals surface area contributed by atoms with E-state index in [0.29, 0.717) is 12.0 Å². The van der Waals surface area contributed by atoms with Crippen molar-refractivity contribution in [2.24, 2.45) is 0 Å². The third kappa shape index (κ3) is 3.07. The van der Waals surface area contributed by atoms with Crippen LogP contribution in [0.4, 0.5) is 0 Å². The SMILES string of the molecule is CC(O)CC1CCCN1C(=O)c1cccc(-n2cccc2)c1. The second kappa shape index (κ2) is 6.36. The van der Waals surface area contributed by atoms with Gasteiger partial charge in [-0.25, -0.2) is 0 Å². The average Bonchev–Trinajstić information content (AvgIpc) is 3.17. The molecule has 4 heteroatoms. The molecule has 22 heavy (non-hydrogen) atoms. The maximum atomic E-state index is 12.8. The molecule has 1 aromatic carbocycles. The molecule has 2 heterocycles. The molecule has 0 aliphatic carbocycles. The van der Waals surface area contributed by atoms with Crippen molar-refractivity contribution < 1.29 is 9.90 Å². The van der Waals surface area contributed by atoms with E-state index in [1.807, 2.05) is 58.3 Å². The molecule has 1 saturated heterocycles. The molecule has 0 bridgehead atoms. The smallest absolute Gasteiger partial charge is 0.254 e. The Bertz CT molecular complexity index is 634. The minimum Gasteiger partial charge on any atom is -0.393 e. The Morgan fingerprint density at radius 3 is 2.82 bits per heavy atom. The summed E-state index contributed by atoms with van der Waals surface area (Å²) in [6.07, 6.45) is 6.22. The Labute approximate surface area is 131 Å². The van der Waals surface area contributed by atoms with Gasteiger partial charge in [0.05, 0.1) is 6.10 Å². The molecular weight excluding hydrogens is 276 g/mol. The Morgan fingerprint density at radius 1 is 1.32 bits per heavy atom. The van der Waals surface area contributed by atoms with Crippen LogP contribution in [0.1, 0.15) is 36.5 Å². The lowest BCUT2D eigenvalue weighted by Crippen LogP contribution is -2.37. The quantitative estimate of drug-likeness (QED) is 0.943. The summed E-state index contributed by atoms with van der Waals surface area (Å²) >= 11 is 0. The summed E-state index contributed by atoms with van der Waals surface area (Å²) in [7, 11) is 0. The van der Waals surface area contributed by atoms with Crippen molar-refractivity contribution in [3.63, 3.8) is 0 Å². The average molecular weight is 298 g/mol. The minimum atomic E-state index is -0.371. The highest BCUT2D eigenvalue weighted by atomic mass is 16.3. The molecule has 2 aromatic rings. The molecule has 116 valence electrons. The van der Waals surface area contributed by atoms with Crippen molar-refractivity contribution in [3.8, 4) is 5.69 Å². The molecule has 4 nitrogen and oxygen atoms in total. The van der Waals surface area contributed by atoms with E-state index >= 15 is 0 Å². The van der Waals surface area contributed by atoms with E-state index in [-0.39, 0.29) is 18.1 Å². The Morgan fingerprint density at radius 2 is 2.09 bits per heavy atom. The van der Waals surface area contributed by atoms with E-state index in [1.54, 1.807) is 6.92 Å². The first-order valence-electron chi connectivity index (χ1n) is 7.87. The van der Waals surface area contributed by atoms with Crippen LogP contribution in [0.5, 0.6) is 0 Å². The zero-order chi connectivity index (χ0) is 15.5. The number of carbonyl (C=O) groups excluding carboxylic acids is 1. The predicted molar refractivity (Wildman–Crippen MR) is 86.1 cm³/mol. The molecule has 0 saturated carbocycles. The van der Waals surface area contributed by atoms with Gasteiger partial charge in [-0.05, 0) is 56.5 Å². The fraction of sp³-hybridized carbons (Fsp3) is 0.389. The zero-order valence-corrected chi connectivity index (χ0v) is 12.9. The maximum Gasteiger partial charge on any atom is 0.254 e. The Hall–Kier alpha value is -2.07. The zero-order valence-electron chi connectivity index (χ0n) is 12.9. The van der Waals surface area contributed by atoms with Crippen LogP contribution in [0.2, 0.25) is 0 Å². The molecule has 3 rings (SSSR count). The number of hydrogen-bond acceptors (Lipinski definition) is 2. The third-order valence-electron chi connectivity index (χ3n) is 4.25. The summed E-state index contributed by atoms with van der Waals surface area (Å²) in [5, 5.41) is 9.61. The van der Waals surface area contributed by atoms with Gasteiger partial charge in [0, 0.05) is 36.2 Å². The van der Waals surface area contributed by atoms with E-state index in [9.17, 15) is 9.90 Å². The number of nitrogens with zero attached hydrogens (tertiary/aromatic N) is 2. The molecule has 1 aromatic heterocycles. The van der Waals surface area contributed by atoms with Gasteiger partial charge in [0.25, 0.3) is 5.91 Å². The lowest BCUT2D eigenvalue weighted by molar-refractivity contribution is 0.0682. The number of benzene rings is 1. The van der Waals surface area contributed by atoms with E-state index in [0.717, 1.165) is 25.1 Å². The normalized spacial score (nSPS) is 19.4. The highest BCUT2D eigenvalue weighted by Crippen LogP contribution is 2.24. The van der Waals surface area contributed by atoms with E-state index in [4.69, 9.17) is 0 Å². The summed E-state index contributed by atoms with van der Waals surface area (Å²) in [5.74, 6) is 0.0668. The highest BCUT2D eigenvalue weighted by molar-refractivity contribution is 5.95. The van der Waals surface area contributed by atoms with Gasteiger partial charge in [-0.15, -0.1) is 0 Å². The topological polar surface area (TPSA) is 45.5 Å². The number of amides is 1. The summed E-state index contributed by atoms with van der Waals surface area (Å²) in [4.78, 5) is 14.7. The molecule has 2 unspecified atom stereocenters. The number of likely N-dealkylation sites (tertiary alicyclic amines) is 1. The van der Waals surface area contributed by atoms with Crippen LogP contribution in [-0.4, -0.2) is 39.2 Å². The fourth-order valence-corrected chi connectivity index (χ4v) is 3.21. The number of aromatic nitrogens is 1. The van der Waals surface area contributed by atoms with Crippen LogP contribution in [0, 0.1) is 0 Å². The standard InChI is InChI=1S/C18H22N2O2/c1-14(21)12-17-8-5-11-20(17)18(22)15-6-4-7-16(13-15)19-9-2-3-10-19/h2-4,6-7,9-10,13-14,17,21H,5,8,11-12H2,1H3. The van der Waals surface area contributed by atoms with Crippen LogP contribution in [0.25, 0.3) is 5.69 Å². The van der Waals surface area contributed by atoms with Gasteiger partial charge in [0.2, 0.25) is 0 Å². The molecule has 1 N–H and O–H groups in total. The summed E-state index contributed by atoms with van der Waals surface area (Å²) < 4.78 is 1.99. The number of aliphatic hydroxyl groups excluding tert-OH is 1. The van der Waals surface area contributed by atoms with Crippen LogP contribution >= 0.6 is 0 Å². The fourth-order valence-electron chi connectivity index (χ4n) is 3.21. The lowest BCUT2D eigenvalue weighted by Gasteiger charge is -2.26. The molecule has 1 fully saturated rings. The van der Waals surface area contributed by atoms with Crippen molar-refractivity contribution in [2.75, 3.05) is 6.54 Å². The number of rotatable bonds is 4. The number of aliphatic hydroxyl groups is 1. The van der Waals surface area contributed by atoms with Gasteiger partial charge >= 0.3 is 0 Å². The predicted octanol–water partition coefficient (Wildman–Crippen LogP) is 2.85. The maximum absolute atomic E-state index is 12.8. The highest BCUT2D eigenvalue weighted by Gasteiger charge is 2.30. The van der Waals surface area contributed by atoms with Gasteiger partial charge in [-0.2, -0.15) is 0 Å². The second-order valence-electron chi connectivity index (χ2n) is 6.02. The van der Waals surface area contributed by atoms with Crippen LogP contribution in [0.15, 0.2) is 48.8 Å². The van der Waals surface area contributed by atoms with Crippen molar-refractivity contribution in [2.45, 2.75) is 38.3 Å². The van der Waals surface area contributed by atoms with Crippen molar-refractivity contribution in [1.82, 2.24) is 9.47 Å². The monoisotopic (exact) mass is 298 g/mol. The van der Waals surface area contributed by atoms with Crippen LogP contribution < -0.4 is 0 Å². The second-order valence-corrected chi connectivity index (χ2v) is 6.02. The van der Waals surface area contributed by atoms with Crippen molar-refractivity contribution in [1.29, 1.82) is 0 Å². The molecule has 1 amide bonds. The molecule has 1 aliphatic heterocycles. The molecule has 1 aliphatic rings. The third-order valence-corrected chi connectivity index (χ3v) is 4.25. The molecule has 2 atom stereocenters. The summed E-state index contributed by atoms with van der Waals surface area (Å²) in [6, 6.07) is 11.8. The van der Waals surface area contributed by atoms with Gasteiger partial charge in [-0.1, -0.05) is 6.07 Å². The Balaban J connectivity index is 1.81. The molecular formula is C18H22N2O2. The summed E-state index contributed by atoms with van der Waals surface area (Å²) in [6.45, 7) is 2.57. The van der Waals surface area contributed by atoms with Crippen molar-refractivity contribution >= 4 is 5.91 Å². The van der Waals surface area contributed by atoms with E-state index in [2.05, 4.69) is 0 Å². The lowest BCUT2D eigenvalue weighted by atomic mass is 10.1. The largest absolute Gasteiger partial charge is 0.393 e. The van der Waals surface area contributed by atoms with Crippen LogP contribution in [-0.2, 0) is 0 Å². The molecule has 0 spiro atoms. The Kier molecular flexibility index (Phi) is 4.29. The number of hydrogen-bond donors (Lipinski definition) is 1. The summed E-state index contributed by atoms with van der Waals surface area (Å²) in [5.41, 5.74) is 1.70. The first-order chi connectivity index (χ1) is 10.6. The van der Waals surface area contributed by atoms with E-state index in [1.165, 1.54) is 0 Å². The van der Waals surface area contributed by atoms with Gasteiger partial charge < -0.3 is 14.6 Å². The first kappa shape index (κ1) is 14.9. The minimum absolute atomic E-state index is 0.0668. The van der Waals surface area contributed by atoms with Gasteiger partial charge in [0.1, 0.15) is 0 Å².